The van der Waals surface area contributed by atoms with Crippen molar-refractivity contribution in [3.63, 3.8) is 0 Å². The molecular weight excluding hydrogens is 324 g/mol. The van der Waals surface area contributed by atoms with Gasteiger partial charge in [-0.3, -0.25) is 9.59 Å². The second-order valence-electron chi connectivity index (χ2n) is 8.07. The van der Waals surface area contributed by atoms with Gasteiger partial charge in [0, 0.05) is 32.0 Å². The van der Waals surface area contributed by atoms with Gasteiger partial charge < -0.3 is 10.2 Å². The molecule has 1 aliphatic heterocycles. The maximum Gasteiger partial charge on any atom is 0.225 e. The topological polar surface area (TPSA) is 49.4 Å². The SMILES string of the molecule is Cc1cccc(CNC(=O)CC2CCN(C(=O)C3CCCCC3)CC2)c1. The molecule has 2 amide bonds. The highest BCUT2D eigenvalue weighted by Gasteiger charge is 2.29. The van der Waals surface area contributed by atoms with Crippen LogP contribution in [0, 0.1) is 18.8 Å². The molecular formula is C22H32N2O2. The molecule has 0 aromatic heterocycles. The minimum atomic E-state index is 0.128. The highest BCUT2D eigenvalue weighted by molar-refractivity contribution is 5.79. The number of piperidine rings is 1. The fraction of sp³-hybridized carbons (Fsp3) is 0.636. The molecule has 0 unspecified atom stereocenters. The van der Waals surface area contributed by atoms with E-state index in [9.17, 15) is 9.59 Å². The maximum absolute atomic E-state index is 12.6. The van der Waals surface area contributed by atoms with Crippen LogP contribution >= 0.6 is 0 Å². The molecule has 0 spiro atoms. The Labute approximate surface area is 157 Å². The number of carbonyl (C=O) groups is 2. The Balaban J connectivity index is 1.38. The number of benzene rings is 1. The Kier molecular flexibility index (Phi) is 6.70. The molecule has 1 aromatic rings. The number of hydrogen-bond acceptors (Lipinski definition) is 2. The normalized spacial score (nSPS) is 19.3. The Bertz CT molecular complexity index is 614. The Morgan fingerprint density at radius 3 is 2.50 bits per heavy atom. The zero-order valence-electron chi connectivity index (χ0n) is 16.0. The Morgan fingerprint density at radius 1 is 1.08 bits per heavy atom. The van der Waals surface area contributed by atoms with Crippen molar-refractivity contribution in [3.8, 4) is 0 Å². The molecule has 2 aliphatic rings. The summed E-state index contributed by atoms with van der Waals surface area (Å²) < 4.78 is 0. The highest BCUT2D eigenvalue weighted by atomic mass is 16.2. The first-order valence-electron chi connectivity index (χ1n) is 10.2. The maximum atomic E-state index is 12.6. The van der Waals surface area contributed by atoms with Crippen LogP contribution in [-0.2, 0) is 16.1 Å². The molecule has 3 rings (SSSR count). The van der Waals surface area contributed by atoms with Crippen LogP contribution in [0.4, 0.5) is 0 Å². The summed E-state index contributed by atoms with van der Waals surface area (Å²) in [6, 6.07) is 8.24. The van der Waals surface area contributed by atoms with E-state index in [0.717, 1.165) is 44.3 Å². The molecule has 4 heteroatoms. The molecule has 1 heterocycles. The fourth-order valence-corrected chi connectivity index (χ4v) is 4.32. The minimum absolute atomic E-state index is 0.128. The predicted molar refractivity (Wildman–Crippen MR) is 104 cm³/mol. The molecule has 0 bridgehead atoms. The molecule has 4 nitrogen and oxygen atoms in total. The molecule has 1 saturated carbocycles. The molecule has 2 fully saturated rings. The van der Waals surface area contributed by atoms with Crippen LogP contribution in [-0.4, -0.2) is 29.8 Å². The molecule has 0 radical (unpaired) electrons. The van der Waals surface area contributed by atoms with Gasteiger partial charge in [-0.2, -0.15) is 0 Å². The number of aryl methyl sites for hydroxylation is 1. The van der Waals surface area contributed by atoms with E-state index >= 15 is 0 Å². The number of amides is 2. The lowest BCUT2D eigenvalue weighted by molar-refractivity contribution is -0.138. The van der Waals surface area contributed by atoms with E-state index < -0.39 is 0 Å². The smallest absolute Gasteiger partial charge is 0.225 e. The van der Waals surface area contributed by atoms with E-state index in [1.54, 1.807) is 0 Å². The monoisotopic (exact) mass is 356 g/mol. The summed E-state index contributed by atoms with van der Waals surface area (Å²) in [7, 11) is 0. The van der Waals surface area contributed by atoms with Gasteiger partial charge in [-0.1, -0.05) is 49.1 Å². The second-order valence-corrected chi connectivity index (χ2v) is 8.07. The van der Waals surface area contributed by atoms with Crippen LogP contribution in [0.1, 0.15) is 62.5 Å². The Morgan fingerprint density at radius 2 is 1.81 bits per heavy atom. The van der Waals surface area contributed by atoms with Gasteiger partial charge in [0.2, 0.25) is 11.8 Å². The zero-order chi connectivity index (χ0) is 18.4. The van der Waals surface area contributed by atoms with E-state index in [1.165, 1.54) is 24.8 Å². The lowest BCUT2D eigenvalue weighted by atomic mass is 9.87. The first kappa shape index (κ1) is 18.9. The second kappa shape index (κ2) is 9.20. The van der Waals surface area contributed by atoms with Crippen molar-refractivity contribution in [1.29, 1.82) is 0 Å². The third kappa shape index (κ3) is 5.33. The van der Waals surface area contributed by atoms with Gasteiger partial charge in [0.1, 0.15) is 0 Å². The standard InChI is InChI=1S/C22H32N2O2/c1-17-6-5-7-19(14-17)16-23-21(25)15-18-10-12-24(13-11-18)22(26)20-8-3-2-4-9-20/h5-7,14,18,20H,2-4,8-13,15-16H2,1H3,(H,23,25). The van der Waals surface area contributed by atoms with Crippen LogP contribution in [0.2, 0.25) is 0 Å². The summed E-state index contributed by atoms with van der Waals surface area (Å²) in [5, 5.41) is 3.04. The number of nitrogens with zero attached hydrogens (tertiary/aromatic N) is 1. The summed E-state index contributed by atoms with van der Waals surface area (Å²) in [6.07, 6.45) is 8.32. The van der Waals surface area contributed by atoms with Gasteiger partial charge in [-0.15, -0.1) is 0 Å². The average molecular weight is 357 g/mol. The van der Waals surface area contributed by atoms with Crippen molar-refractivity contribution < 1.29 is 9.59 Å². The van der Waals surface area contributed by atoms with Crippen LogP contribution in [0.15, 0.2) is 24.3 Å². The quantitative estimate of drug-likeness (QED) is 0.872. The van der Waals surface area contributed by atoms with Crippen molar-refractivity contribution in [2.75, 3.05) is 13.1 Å². The van der Waals surface area contributed by atoms with E-state index in [-0.39, 0.29) is 11.8 Å². The van der Waals surface area contributed by atoms with Gasteiger partial charge in [0.05, 0.1) is 0 Å². The first-order valence-corrected chi connectivity index (χ1v) is 10.2. The highest BCUT2D eigenvalue weighted by Crippen LogP contribution is 2.28. The number of likely N-dealkylation sites (tertiary alicyclic amines) is 1. The van der Waals surface area contributed by atoms with Crippen LogP contribution in [0.3, 0.4) is 0 Å². The summed E-state index contributed by atoms with van der Waals surface area (Å²) in [5.74, 6) is 1.16. The summed E-state index contributed by atoms with van der Waals surface area (Å²) in [4.78, 5) is 26.9. The van der Waals surface area contributed by atoms with Crippen molar-refractivity contribution >= 4 is 11.8 Å². The largest absolute Gasteiger partial charge is 0.352 e. The van der Waals surface area contributed by atoms with Gasteiger partial charge in [0.25, 0.3) is 0 Å². The average Bonchev–Trinajstić information content (AvgIpc) is 2.67. The molecule has 26 heavy (non-hydrogen) atoms. The van der Waals surface area contributed by atoms with Crippen molar-refractivity contribution in [1.82, 2.24) is 10.2 Å². The lowest BCUT2D eigenvalue weighted by Gasteiger charge is -2.35. The fourth-order valence-electron chi connectivity index (χ4n) is 4.32. The summed E-state index contributed by atoms with van der Waals surface area (Å²) >= 11 is 0. The van der Waals surface area contributed by atoms with E-state index in [2.05, 4.69) is 29.3 Å². The van der Waals surface area contributed by atoms with Gasteiger partial charge >= 0.3 is 0 Å². The van der Waals surface area contributed by atoms with E-state index in [4.69, 9.17) is 0 Å². The van der Waals surface area contributed by atoms with Crippen molar-refractivity contribution in [2.45, 2.75) is 64.8 Å². The third-order valence-electron chi connectivity index (χ3n) is 5.93. The summed E-state index contributed by atoms with van der Waals surface area (Å²) in [6.45, 7) is 4.31. The number of rotatable bonds is 5. The molecule has 0 atom stereocenters. The molecule has 1 aromatic carbocycles. The minimum Gasteiger partial charge on any atom is -0.352 e. The Hall–Kier alpha value is -1.84. The van der Waals surface area contributed by atoms with Crippen LogP contribution < -0.4 is 5.32 Å². The van der Waals surface area contributed by atoms with Gasteiger partial charge in [-0.05, 0) is 44.1 Å². The van der Waals surface area contributed by atoms with Crippen molar-refractivity contribution in [3.05, 3.63) is 35.4 Å². The number of carbonyl (C=O) groups excluding carboxylic acids is 2. The van der Waals surface area contributed by atoms with E-state index in [1.807, 2.05) is 12.1 Å². The van der Waals surface area contributed by atoms with E-state index in [0.29, 0.717) is 24.8 Å². The molecule has 1 N–H and O–H groups in total. The summed E-state index contributed by atoms with van der Waals surface area (Å²) in [5.41, 5.74) is 2.36. The van der Waals surface area contributed by atoms with Crippen molar-refractivity contribution in [2.24, 2.45) is 11.8 Å². The van der Waals surface area contributed by atoms with Gasteiger partial charge in [0.15, 0.2) is 0 Å². The lowest BCUT2D eigenvalue weighted by Crippen LogP contribution is -2.43. The van der Waals surface area contributed by atoms with Crippen LogP contribution in [0.25, 0.3) is 0 Å². The number of nitrogens with one attached hydrogen (secondary N) is 1. The predicted octanol–water partition coefficient (Wildman–Crippen LogP) is 3.82. The first-order chi connectivity index (χ1) is 12.6. The van der Waals surface area contributed by atoms with Crippen LogP contribution in [0.5, 0.6) is 0 Å². The zero-order valence-corrected chi connectivity index (χ0v) is 16.0. The molecule has 1 aliphatic carbocycles. The molecule has 142 valence electrons. The number of hydrogen-bond donors (Lipinski definition) is 1. The van der Waals surface area contributed by atoms with Gasteiger partial charge in [-0.25, -0.2) is 0 Å². The molecule has 1 saturated heterocycles. The third-order valence-corrected chi connectivity index (χ3v) is 5.93.